The predicted molar refractivity (Wildman–Crippen MR) is 76.5 cm³/mol. The summed E-state index contributed by atoms with van der Waals surface area (Å²) in [6, 6.07) is 0. The first-order valence-electron chi connectivity index (χ1n) is 7.12. The first-order valence-corrected chi connectivity index (χ1v) is 7.12. The molecule has 0 spiro atoms. The largest absolute Gasteiger partial charge is 0.463 e. The van der Waals surface area contributed by atoms with Crippen LogP contribution in [0.25, 0.3) is 0 Å². The van der Waals surface area contributed by atoms with Crippen molar-refractivity contribution in [2.45, 2.75) is 65.2 Å². The maximum Gasteiger partial charge on any atom is 0.330 e. The molecule has 0 aliphatic carbocycles. The van der Waals surface area contributed by atoms with Crippen LogP contribution in [-0.2, 0) is 9.53 Å². The average molecular weight is 258 g/mol. The van der Waals surface area contributed by atoms with Crippen molar-refractivity contribution in [3.63, 3.8) is 0 Å². The van der Waals surface area contributed by atoms with Gasteiger partial charge in [-0.2, -0.15) is 0 Å². The van der Waals surface area contributed by atoms with E-state index in [2.05, 4.69) is 20.4 Å². The molecule has 0 atom stereocenters. The van der Waals surface area contributed by atoms with Crippen LogP contribution in [0.4, 0.5) is 0 Å². The number of ether oxygens (including phenoxy) is 1. The van der Waals surface area contributed by atoms with Gasteiger partial charge in [0.05, 0.1) is 6.61 Å². The molecule has 0 heterocycles. The Balaban J connectivity index is 0. The lowest BCUT2D eigenvalue weighted by Gasteiger charge is -2.01. The molecule has 0 saturated carbocycles. The van der Waals surface area contributed by atoms with Gasteiger partial charge >= 0.3 is 5.97 Å². The Morgan fingerprint density at radius 3 is 2.06 bits per heavy atom. The van der Waals surface area contributed by atoms with E-state index in [0.717, 1.165) is 25.7 Å². The third kappa shape index (κ3) is 20.6. The van der Waals surface area contributed by atoms with Crippen LogP contribution in [0.3, 0.4) is 0 Å². The van der Waals surface area contributed by atoms with Crippen molar-refractivity contribution >= 4 is 5.97 Å². The molecular formula is C15H30O3. The van der Waals surface area contributed by atoms with Crippen LogP contribution in [0.5, 0.6) is 0 Å². The van der Waals surface area contributed by atoms with Gasteiger partial charge in [0, 0.05) is 12.7 Å². The Labute approximate surface area is 112 Å². The van der Waals surface area contributed by atoms with Gasteiger partial charge in [0.1, 0.15) is 0 Å². The molecule has 0 radical (unpaired) electrons. The monoisotopic (exact) mass is 258 g/mol. The normalized spacial score (nSPS) is 9.28. The Kier molecular flexibility index (Phi) is 20.1. The van der Waals surface area contributed by atoms with Crippen LogP contribution in [0, 0.1) is 0 Å². The van der Waals surface area contributed by atoms with Crippen LogP contribution in [0.15, 0.2) is 12.7 Å². The van der Waals surface area contributed by atoms with Gasteiger partial charge in [-0.25, -0.2) is 4.79 Å². The van der Waals surface area contributed by atoms with Crippen molar-refractivity contribution in [1.29, 1.82) is 0 Å². The molecule has 0 rings (SSSR count). The molecule has 0 aromatic heterocycles. The molecule has 0 aromatic carbocycles. The van der Waals surface area contributed by atoms with Gasteiger partial charge < -0.3 is 9.84 Å². The Hall–Kier alpha value is -0.830. The zero-order valence-electron chi connectivity index (χ0n) is 12.1. The second-order valence-corrected chi connectivity index (χ2v) is 4.22. The molecule has 18 heavy (non-hydrogen) atoms. The summed E-state index contributed by atoms with van der Waals surface area (Å²) < 4.78 is 4.84. The molecule has 108 valence electrons. The summed E-state index contributed by atoms with van der Waals surface area (Å²) in [6.07, 6.45) is 10.5. The summed E-state index contributed by atoms with van der Waals surface area (Å²) in [6.45, 7) is 8.46. The number of hydrogen-bond donors (Lipinski definition) is 1. The number of aliphatic hydroxyl groups is 1. The van der Waals surface area contributed by atoms with Gasteiger partial charge in [-0.1, -0.05) is 59.0 Å². The first-order chi connectivity index (χ1) is 8.72. The van der Waals surface area contributed by atoms with E-state index in [-0.39, 0.29) is 5.97 Å². The molecule has 0 unspecified atom stereocenters. The zero-order valence-corrected chi connectivity index (χ0v) is 12.1. The smallest absolute Gasteiger partial charge is 0.330 e. The lowest BCUT2D eigenvalue weighted by atomic mass is 10.1. The van der Waals surface area contributed by atoms with E-state index < -0.39 is 0 Å². The topological polar surface area (TPSA) is 46.5 Å². The zero-order chi connectivity index (χ0) is 14.1. The maximum absolute atomic E-state index is 10.6. The van der Waals surface area contributed by atoms with Gasteiger partial charge in [0.2, 0.25) is 0 Å². The molecule has 1 N–H and O–H groups in total. The Morgan fingerprint density at radius 2 is 1.61 bits per heavy atom. The molecule has 0 bridgehead atoms. The minimum Gasteiger partial charge on any atom is -0.463 e. The summed E-state index contributed by atoms with van der Waals surface area (Å²) in [5.41, 5.74) is 0. The molecule has 3 nitrogen and oxygen atoms in total. The number of carbonyl (C=O) groups excluding carboxylic acids is 1. The fraction of sp³-hybridized carbons (Fsp3) is 0.800. The quantitative estimate of drug-likeness (QED) is 0.368. The van der Waals surface area contributed by atoms with Gasteiger partial charge in [0.15, 0.2) is 0 Å². The number of carbonyl (C=O) groups is 1. The van der Waals surface area contributed by atoms with E-state index >= 15 is 0 Å². The van der Waals surface area contributed by atoms with E-state index in [9.17, 15) is 4.79 Å². The van der Waals surface area contributed by atoms with E-state index in [1.165, 1.54) is 31.8 Å². The second-order valence-electron chi connectivity index (χ2n) is 4.22. The minimum absolute atomic E-state index is 0.312. The number of rotatable bonds is 10. The van der Waals surface area contributed by atoms with Gasteiger partial charge in [0.25, 0.3) is 0 Å². The van der Waals surface area contributed by atoms with Gasteiger partial charge in [-0.3, -0.25) is 0 Å². The second kappa shape index (κ2) is 18.5. The molecular weight excluding hydrogens is 228 g/mol. The summed E-state index contributed by atoms with van der Waals surface area (Å²) >= 11 is 0. The summed E-state index contributed by atoms with van der Waals surface area (Å²) in [5, 5.41) is 8.07. The summed E-state index contributed by atoms with van der Waals surface area (Å²) in [7, 11) is 0. The Bertz CT molecular complexity index is 177. The SMILES string of the molecule is C=CC(=O)OCCCCCCCC.CCCCO. The van der Waals surface area contributed by atoms with Crippen molar-refractivity contribution < 1.29 is 14.6 Å². The molecule has 0 aromatic rings. The van der Waals surface area contributed by atoms with Crippen molar-refractivity contribution in [2.24, 2.45) is 0 Å². The van der Waals surface area contributed by atoms with Gasteiger partial charge in [-0.15, -0.1) is 0 Å². The van der Waals surface area contributed by atoms with Crippen LogP contribution < -0.4 is 0 Å². The predicted octanol–water partition coefficient (Wildman–Crippen LogP) is 3.85. The molecule has 0 saturated heterocycles. The number of esters is 1. The molecule has 3 heteroatoms. The molecule has 0 fully saturated rings. The minimum atomic E-state index is -0.312. The fourth-order valence-electron chi connectivity index (χ4n) is 1.27. The van der Waals surface area contributed by atoms with Gasteiger partial charge in [-0.05, 0) is 12.8 Å². The highest BCUT2D eigenvalue weighted by Gasteiger charge is 1.94. The lowest BCUT2D eigenvalue weighted by molar-refractivity contribution is -0.137. The van der Waals surface area contributed by atoms with Crippen LogP contribution in [0.2, 0.25) is 0 Å². The van der Waals surface area contributed by atoms with E-state index in [4.69, 9.17) is 9.84 Å². The average Bonchev–Trinajstić information content (AvgIpc) is 2.39. The number of aliphatic hydroxyl groups excluding tert-OH is 1. The van der Waals surface area contributed by atoms with Crippen molar-refractivity contribution in [2.75, 3.05) is 13.2 Å². The highest BCUT2D eigenvalue weighted by atomic mass is 16.5. The van der Waals surface area contributed by atoms with Crippen molar-refractivity contribution in [3.05, 3.63) is 12.7 Å². The Morgan fingerprint density at radius 1 is 1.06 bits per heavy atom. The number of hydrogen-bond acceptors (Lipinski definition) is 3. The molecule has 0 aliphatic heterocycles. The molecule has 0 aliphatic rings. The summed E-state index contributed by atoms with van der Waals surface area (Å²) in [5.74, 6) is -0.312. The van der Waals surface area contributed by atoms with E-state index in [1.54, 1.807) is 0 Å². The summed E-state index contributed by atoms with van der Waals surface area (Å²) in [4.78, 5) is 10.6. The lowest BCUT2D eigenvalue weighted by Crippen LogP contribution is -2.01. The van der Waals surface area contributed by atoms with Crippen LogP contribution >= 0.6 is 0 Å². The highest BCUT2D eigenvalue weighted by molar-refractivity contribution is 5.81. The third-order valence-electron chi connectivity index (χ3n) is 2.42. The third-order valence-corrected chi connectivity index (χ3v) is 2.42. The van der Waals surface area contributed by atoms with Crippen molar-refractivity contribution in [1.82, 2.24) is 0 Å². The van der Waals surface area contributed by atoms with E-state index in [1.807, 2.05) is 0 Å². The van der Waals surface area contributed by atoms with E-state index in [0.29, 0.717) is 13.2 Å². The fourth-order valence-corrected chi connectivity index (χ4v) is 1.27. The van der Waals surface area contributed by atoms with Crippen LogP contribution in [0.1, 0.15) is 65.2 Å². The standard InChI is InChI=1S/C11H20O2.C4H10O/c1-3-5-6-7-8-9-10-13-11(12)4-2;1-2-3-4-5/h4H,2-3,5-10H2,1H3;5H,2-4H2,1H3. The molecule has 0 amide bonds. The van der Waals surface area contributed by atoms with Crippen molar-refractivity contribution in [3.8, 4) is 0 Å². The maximum atomic E-state index is 10.6. The van der Waals surface area contributed by atoms with Crippen LogP contribution in [-0.4, -0.2) is 24.3 Å². The highest BCUT2D eigenvalue weighted by Crippen LogP contribution is 2.04. The number of unbranched alkanes of at least 4 members (excludes halogenated alkanes) is 6. The first kappa shape index (κ1) is 19.5.